The van der Waals surface area contributed by atoms with Crippen LogP contribution in [0.5, 0.6) is 5.75 Å². The third-order valence-electron chi connectivity index (χ3n) is 6.08. The number of carbonyl (C=O) groups excluding carboxylic acids is 2. The van der Waals surface area contributed by atoms with Crippen LogP contribution in [0.1, 0.15) is 30.5 Å². The Bertz CT molecular complexity index is 1230. The number of amides is 2. The van der Waals surface area contributed by atoms with Gasteiger partial charge in [-0.1, -0.05) is 68.4 Å². The van der Waals surface area contributed by atoms with Gasteiger partial charge >= 0.3 is 0 Å². The zero-order valence-electron chi connectivity index (χ0n) is 22.5. The largest absolute Gasteiger partial charge is 0.497 e. The normalized spacial score (nSPS) is 11.6. The molecule has 0 aromatic heterocycles. The first-order valence-corrected chi connectivity index (χ1v) is 14.0. The Morgan fingerprint density at radius 2 is 1.67 bits per heavy atom. The van der Waals surface area contributed by atoms with E-state index in [1.54, 1.807) is 24.1 Å². The minimum atomic E-state index is -0.704. The summed E-state index contributed by atoms with van der Waals surface area (Å²) in [5.74, 6) is 1.26. The maximum atomic E-state index is 13.7. The molecule has 0 heterocycles. The zero-order valence-corrected chi connectivity index (χ0v) is 23.4. The maximum absolute atomic E-state index is 13.7. The van der Waals surface area contributed by atoms with Crippen molar-refractivity contribution in [3.8, 4) is 5.75 Å². The maximum Gasteiger partial charge on any atom is 0.269 e. The fourth-order valence-corrected chi connectivity index (χ4v) is 4.87. The molecule has 0 saturated carbocycles. The average molecular weight is 550 g/mol. The molecule has 206 valence electrons. The Kier molecular flexibility index (Phi) is 11.4. The van der Waals surface area contributed by atoms with Crippen molar-refractivity contribution in [1.29, 1.82) is 0 Å². The molecule has 2 amide bonds. The van der Waals surface area contributed by atoms with Crippen LogP contribution >= 0.6 is 11.8 Å². The first kappa shape index (κ1) is 29.7. The van der Waals surface area contributed by atoms with Crippen LogP contribution in [0.3, 0.4) is 0 Å². The van der Waals surface area contributed by atoms with Crippen molar-refractivity contribution in [2.24, 2.45) is 5.92 Å². The molecule has 9 heteroatoms. The van der Waals surface area contributed by atoms with E-state index in [1.165, 1.54) is 23.9 Å². The van der Waals surface area contributed by atoms with Gasteiger partial charge in [-0.15, -0.1) is 11.8 Å². The summed E-state index contributed by atoms with van der Waals surface area (Å²) in [4.78, 5) is 39.4. The van der Waals surface area contributed by atoms with E-state index in [0.29, 0.717) is 24.5 Å². The standard InChI is InChI=1S/C30H35N3O5S/c1-22(2)18-31-30(35)28(17-23-8-5-4-6-9-23)32(19-25-10-7-11-27(16-25)38-3)29(34)21-39-20-24-12-14-26(15-13-24)33(36)37/h4-16,22,28H,17-21H2,1-3H3,(H,31,35)/t28-/m0/s1. The second-order valence-electron chi connectivity index (χ2n) is 9.63. The second-order valence-corrected chi connectivity index (χ2v) is 10.6. The molecule has 8 nitrogen and oxygen atoms in total. The molecule has 0 aliphatic heterocycles. The van der Waals surface area contributed by atoms with Gasteiger partial charge in [0.1, 0.15) is 11.8 Å². The van der Waals surface area contributed by atoms with Crippen molar-refractivity contribution in [3.05, 3.63) is 106 Å². The highest BCUT2D eigenvalue weighted by Crippen LogP contribution is 2.21. The Balaban J connectivity index is 1.83. The SMILES string of the molecule is COc1cccc(CN(C(=O)CSCc2ccc([N+](=O)[O-])cc2)[C@@H](Cc2ccccc2)C(=O)NCC(C)C)c1. The van der Waals surface area contributed by atoms with Crippen LogP contribution in [0.2, 0.25) is 0 Å². The van der Waals surface area contributed by atoms with Crippen molar-refractivity contribution < 1.29 is 19.2 Å². The Morgan fingerprint density at radius 1 is 0.974 bits per heavy atom. The molecule has 1 N–H and O–H groups in total. The van der Waals surface area contributed by atoms with E-state index >= 15 is 0 Å². The molecule has 39 heavy (non-hydrogen) atoms. The number of carbonyl (C=O) groups is 2. The molecule has 0 unspecified atom stereocenters. The lowest BCUT2D eigenvalue weighted by Crippen LogP contribution is -2.51. The molecule has 1 atom stereocenters. The third-order valence-corrected chi connectivity index (χ3v) is 7.07. The predicted octanol–water partition coefficient (Wildman–Crippen LogP) is 5.25. The summed E-state index contributed by atoms with van der Waals surface area (Å²) in [6, 6.07) is 22.8. The number of hydrogen-bond donors (Lipinski definition) is 1. The van der Waals surface area contributed by atoms with Crippen molar-refractivity contribution in [3.63, 3.8) is 0 Å². The van der Waals surface area contributed by atoms with E-state index < -0.39 is 11.0 Å². The molecular formula is C30H35N3O5S. The summed E-state index contributed by atoms with van der Waals surface area (Å²) < 4.78 is 5.37. The lowest BCUT2D eigenvalue weighted by atomic mass is 10.0. The van der Waals surface area contributed by atoms with Crippen LogP contribution in [-0.4, -0.2) is 47.1 Å². The summed E-state index contributed by atoms with van der Waals surface area (Å²) in [6.45, 7) is 4.82. The van der Waals surface area contributed by atoms with Gasteiger partial charge in [-0.25, -0.2) is 0 Å². The molecule has 0 fully saturated rings. The van der Waals surface area contributed by atoms with Crippen molar-refractivity contribution in [2.75, 3.05) is 19.4 Å². The smallest absolute Gasteiger partial charge is 0.269 e. The Labute approximate surface area is 233 Å². The number of nitro benzene ring substituents is 1. The van der Waals surface area contributed by atoms with Crippen LogP contribution < -0.4 is 10.1 Å². The lowest BCUT2D eigenvalue weighted by Gasteiger charge is -2.32. The molecule has 0 radical (unpaired) electrons. The third kappa shape index (κ3) is 9.44. The second kappa shape index (κ2) is 14.9. The summed E-state index contributed by atoms with van der Waals surface area (Å²) in [6.07, 6.45) is 0.382. The van der Waals surface area contributed by atoms with Gasteiger partial charge in [0, 0.05) is 37.4 Å². The number of nitrogens with zero attached hydrogens (tertiary/aromatic N) is 2. The van der Waals surface area contributed by atoms with E-state index in [2.05, 4.69) is 5.32 Å². The summed E-state index contributed by atoms with van der Waals surface area (Å²) >= 11 is 1.41. The number of ether oxygens (including phenoxy) is 1. The van der Waals surface area contributed by atoms with Crippen molar-refractivity contribution in [2.45, 2.75) is 38.6 Å². The van der Waals surface area contributed by atoms with Crippen LogP contribution in [0.15, 0.2) is 78.9 Å². The number of nitrogens with one attached hydrogen (secondary N) is 1. The summed E-state index contributed by atoms with van der Waals surface area (Å²) in [5, 5.41) is 13.9. The number of benzene rings is 3. The van der Waals surface area contributed by atoms with Crippen molar-refractivity contribution >= 4 is 29.3 Å². The minimum absolute atomic E-state index is 0.0282. The van der Waals surface area contributed by atoms with Gasteiger partial charge in [-0.05, 0) is 34.7 Å². The highest BCUT2D eigenvalue weighted by molar-refractivity contribution is 7.99. The molecule has 0 aliphatic carbocycles. The fourth-order valence-electron chi connectivity index (χ4n) is 4.00. The molecule has 0 spiro atoms. The van der Waals surface area contributed by atoms with E-state index in [9.17, 15) is 19.7 Å². The highest BCUT2D eigenvalue weighted by atomic mass is 32.2. The summed E-state index contributed by atoms with van der Waals surface area (Å²) in [5.41, 5.74) is 2.73. The first-order valence-electron chi connectivity index (χ1n) is 12.8. The average Bonchev–Trinajstić information content (AvgIpc) is 2.94. The van der Waals surface area contributed by atoms with E-state index in [4.69, 9.17) is 4.74 Å². The lowest BCUT2D eigenvalue weighted by molar-refractivity contribution is -0.384. The number of nitro groups is 1. The van der Waals surface area contributed by atoms with Gasteiger partial charge in [-0.2, -0.15) is 0 Å². The van der Waals surface area contributed by atoms with Gasteiger partial charge < -0.3 is 15.0 Å². The van der Waals surface area contributed by atoms with Crippen LogP contribution in [-0.2, 0) is 28.3 Å². The molecule has 0 bridgehead atoms. The molecule has 3 aromatic carbocycles. The van der Waals surface area contributed by atoms with Gasteiger partial charge in [0.15, 0.2) is 0 Å². The minimum Gasteiger partial charge on any atom is -0.497 e. The molecule has 0 aliphatic rings. The Morgan fingerprint density at radius 3 is 2.31 bits per heavy atom. The highest BCUT2D eigenvalue weighted by Gasteiger charge is 2.30. The van der Waals surface area contributed by atoms with Crippen LogP contribution in [0.4, 0.5) is 5.69 Å². The van der Waals surface area contributed by atoms with Gasteiger partial charge in [0.2, 0.25) is 11.8 Å². The predicted molar refractivity (Wildman–Crippen MR) is 155 cm³/mol. The zero-order chi connectivity index (χ0) is 28.2. The molecule has 3 rings (SSSR count). The van der Waals surface area contributed by atoms with Gasteiger partial charge in [-0.3, -0.25) is 19.7 Å². The van der Waals surface area contributed by atoms with Crippen LogP contribution in [0.25, 0.3) is 0 Å². The number of rotatable bonds is 14. The van der Waals surface area contributed by atoms with Crippen molar-refractivity contribution in [1.82, 2.24) is 10.2 Å². The van der Waals surface area contributed by atoms with E-state index in [-0.39, 0.29) is 35.7 Å². The quantitative estimate of drug-likeness (QED) is 0.218. The number of thioether (sulfide) groups is 1. The Hall–Kier alpha value is -3.85. The van der Waals surface area contributed by atoms with E-state index in [1.807, 2.05) is 68.4 Å². The van der Waals surface area contributed by atoms with Crippen LogP contribution in [0, 0.1) is 16.0 Å². The summed E-state index contributed by atoms with van der Waals surface area (Å²) in [7, 11) is 1.59. The number of non-ortho nitro benzene ring substituents is 1. The molecule has 3 aromatic rings. The molecular weight excluding hydrogens is 514 g/mol. The fraction of sp³-hybridized carbons (Fsp3) is 0.333. The molecule has 0 saturated heterocycles. The van der Waals surface area contributed by atoms with Gasteiger partial charge in [0.25, 0.3) is 5.69 Å². The monoisotopic (exact) mass is 549 g/mol. The first-order chi connectivity index (χ1) is 18.8. The number of methoxy groups -OCH3 is 1. The topological polar surface area (TPSA) is 102 Å². The number of hydrogen-bond acceptors (Lipinski definition) is 6. The van der Waals surface area contributed by atoms with E-state index in [0.717, 1.165) is 16.7 Å². The van der Waals surface area contributed by atoms with Gasteiger partial charge in [0.05, 0.1) is 17.8 Å².